The number of amides is 2. The third-order valence-corrected chi connectivity index (χ3v) is 4.39. The third-order valence-electron chi connectivity index (χ3n) is 4.39. The second-order valence-electron chi connectivity index (χ2n) is 6.23. The lowest BCUT2D eigenvalue weighted by Crippen LogP contribution is -2.25. The van der Waals surface area contributed by atoms with Crippen LogP contribution in [0, 0.1) is 0 Å². The fraction of sp³-hybridized carbons (Fsp3) is 0.130. The maximum absolute atomic E-state index is 12.8. The normalized spacial score (nSPS) is 10.1. The summed E-state index contributed by atoms with van der Waals surface area (Å²) in [4.78, 5) is 25.2. The van der Waals surface area contributed by atoms with E-state index in [9.17, 15) is 9.59 Å². The minimum Gasteiger partial charge on any atom is -0.497 e. The van der Waals surface area contributed by atoms with Gasteiger partial charge in [-0.3, -0.25) is 9.59 Å². The van der Waals surface area contributed by atoms with Crippen molar-refractivity contribution in [1.29, 1.82) is 0 Å². The zero-order valence-electron chi connectivity index (χ0n) is 16.3. The number of anilines is 1. The largest absolute Gasteiger partial charge is 0.497 e. The van der Waals surface area contributed by atoms with Gasteiger partial charge in [0.2, 0.25) is 0 Å². The Balaban J connectivity index is 1.73. The third kappa shape index (κ3) is 4.93. The highest BCUT2D eigenvalue weighted by Gasteiger charge is 2.15. The van der Waals surface area contributed by atoms with Crippen LogP contribution < -0.4 is 20.1 Å². The fourth-order valence-electron chi connectivity index (χ4n) is 2.84. The van der Waals surface area contributed by atoms with Crippen molar-refractivity contribution in [3.8, 4) is 11.5 Å². The summed E-state index contributed by atoms with van der Waals surface area (Å²) in [6, 6.07) is 21.1. The molecular weight excluding hydrogens is 368 g/mol. The molecule has 2 N–H and O–H groups in total. The van der Waals surface area contributed by atoms with Gasteiger partial charge in [-0.05, 0) is 36.4 Å². The first kappa shape index (κ1) is 19.9. The maximum Gasteiger partial charge on any atom is 0.255 e. The van der Waals surface area contributed by atoms with Gasteiger partial charge >= 0.3 is 0 Å². The van der Waals surface area contributed by atoms with Crippen molar-refractivity contribution in [3.63, 3.8) is 0 Å². The van der Waals surface area contributed by atoms with Gasteiger partial charge in [0, 0.05) is 23.7 Å². The Morgan fingerprint density at radius 1 is 0.828 bits per heavy atom. The molecule has 2 amide bonds. The fourth-order valence-corrected chi connectivity index (χ4v) is 2.84. The summed E-state index contributed by atoms with van der Waals surface area (Å²) in [5, 5.41) is 5.67. The molecule has 3 aromatic rings. The van der Waals surface area contributed by atoms with Gasteiger partial charge < -0.3 is 20.1 Å². The van der Waals surface area contributed by atoms with Crippen molar-refractivity contribution >= 4 is 17.5 Å². The number of methoxy groups -OCH3 is 2. The van der Waals surface area contributed by atoms with Gasteiger partial charge in [-0.1, -0.05) is 30.3 Å². The molecule has 3 rings (SSSR count). The van der Waals surface area contributed by atoms with E-state index in [1.165, 1.54) is 0 Å². The molecule has 0 unspecified atom stereocenters. The van der Waals surface area contributed by atoms with E-state index in [2.05, 4.69) is 10.6 Å². The first-order valence-electron chi connectivity index (χ1n) is 9.07. The second kappa shape index (κ2) is 9.41. The first-order valence-corrected chi connectivity index (χ1v) is 9.07. The molecule has 0 aromatic heterocycles. The summed E-state index contributed by atoms with van der Waals surface area (Å²) in [6.45, 7) is 0.271. The predicted molar refractivity (Wildman–Crippen MR) is 112 cm³/mol. The van der Waals surface area contributed by atoms with Crippen molar-refractivity contribution in [2.75, 3.05) is 19.5 Å². The minimum absolute atomic E-state index is 0.271. The Labute approximate surface area is 169 Å². The molecule has 0 aliphatic heterocycles. The molecule has 0 saturated carbocycles. The van der Waals surface area contributed by atoms with Crippen LogP contribution in [0.1, 0.15) is 26.3 Å². The van der Waals surface area contributed by atoms with Crippen LogP contribution in [0.15, 0.2) is 72.8 Å². The molecule has 6 heteroatoms. The molecule has 6 nitrogen and oxygen atoms in total. The SMILES string of the molecule is COc1ccc(CNC(=O)c2ccccc2NC(=O)c2ccccc2)c(OC)c1. The lowest BCUT2D eigenvalue weighted by Gasteiger charge is -2.13. The molecule has 0 aliphatic carbocycles. The molecule has 0 spiro atoms. The first-order chi connectivity index (χ1) is 14.1. The molecule has 29 heavy (non-hydrogen) atoms. The van der Waals surface area contributed by atoms with Gasteiger partial charge in [0.1, 0.15) is 11.5 Å². The van der Waals surface area contributed by atoms with E-state index in [0.717, 1.165) is 5.56 Å². The molecule has 0 radical (unpaired) electrons. The highest BCUT2D eigenvalue weighted by molar-refractivity contribution is 6.08. The number of carbonyl (C=O) groups excluding carboxylic acids is 2. The average Bonchev–Trinajstić information content (AvgIpc) is 2.78. The van der Waals surface area contributed by atoms with E-state index in [0.29, 0.717) is 28.3 Å². The van der Waals surface area contributed by atoms with Crippen LogP contribution >= 0.6 is 0 Å². The highest BCUT2D eigenvalue weighted by atomic mass is 16.5. The summed E-state index contributed by atoms with van der Waals surface area (Å²) in [7, 11) is 3.14. The number of hydrogen-bond acceptors (Lipinski definition) is 4. The number of para-hydroxylation sites is 1. The van der Waals surface area contributed by atoms with Crippen LogP contribution in [-0.4, -0.2) is 26.0 Å². The van der Waals surface area contributed by atoms with Crippen molar-refractivity contribution in [2.24, 2.45) is 0 Å². The summed E-state index contributed by atoms with van der Waals surface area (Å²) in [5.74, 6) is 0.718. The molecule has 3 aromatic carbocycles. The lowest BCUT2D eigenvalue weighted by molar-refractivity contribution is 0.0951. The van der Waals surface area contributed by atoms with Crippen molar-refractivity contribution < 1.29 is 19.1 Å². The summed E-state index contributed by atoms with van der Waals surface area (Å²) in [6.07, 6.45) is 0. The number of hydrogen-bond donors (Lipinski definition) is 2. The molecular formula is C23H22N2O4. The lowest BCUT2D eigenvalue weighted by atomic mass is 10.1. The van der Waals surface area contributed by atoms with Crippen LogP contribution in [0.3, 0.4) is 0 Å². The number of nitrogens with one attached hydrogen (secondary N) is 2. The zero-order valence-corrected chi connectivity index (χ0v) is 16.3. The summed E-state index contributed by atoms with van der Waals surface area (Å²) >= 11 is 0. The zero-order chi connectivity index (χ0) is 20.6. The molecule has 0 bridgehead atoms. The van der Waals surface area contributed by atoms with Crippen LogP contribution in [0.4, 0.5) is 5.69 Å². The van der Waals surface area contributed by atoms with Crippen LogP contribution in [0.5, 0.6) is 11.5 Å². The molecule has 0 saturated heterocycles. The second-order valence-corrected chi connectivity index (χ2v) is 6.23. The van der Waals surface area contributed by atoms with E-state index >= 15 is 0 Å². The Hall–Kier alpha value is -3.80. The van der Waals surface area contributed by atoms with E-state index in [4.69, 9.17) is 9.47 Å². The molecule has 148 valence electrons. The van der Waals surface area contributed by atoms with Gasteiger partial charge in [-0.2, -0.15) is 0 Å². The van der Waals surface area contributed by atoms with Crippen molar-refractivity contribution in [1.82, 2.24) is 5.32 Å². The van der Waals surface area contributed by atoms with E-state index in [-0.39, 0.29) is 18.4 Å². The monoisotopic (exact) mass is 390 g/mol. The summed E-state index contributed by atoms with van der Waals surface area (Å²) in [5.41, 5.74) is 2.16. The number of ether oxygens (including phenoxy) is 2. The minimum atomic E-state index is -0.299. The smallest absolute Gasteiger partial charge is 0.255 e. The number of carbonyl (C=O) groups is 2. The van der Waals surface area contributed by atoms with Crippen LogP contribution in [0.25, 0.3) is 0 Å². The van der Waals surface area contributed by atoms with Crippen molar-refractivity contribution in [2.45, 2.75) is 6.54 Å². The topological polar surface area (TPSA) is 76.7 Å². The predicted octanol–water partition coefficient (Wildman–Crippen LogP) is 3.89. The number of benzene rings is 3. The van der Waals surface area contributed by atoms with E-state index in [1.807, 2.05) is 12.1 Å². The molecule has 0 aliphatic rings. The van der Waals surface area contributed by atoms with Crippen LogP contribution in [-0.2, 0) is 6.54 Å². The van der Waals surface area contributed by atoms with Crippen LogP contribution in [0.2, 0.25) is 0 Å². The Bertz CT molecular complexity index is 1000. The van der Waals surface area contributed by atoms with Gasteiger partial charge in [0.05, 0.1) is 25.5 Å². The Kier molecular flexibility index (Phi) is 6.47. The number of rotatable bonds is 7. The van der Waals surface area contributed by atoms with Gasteiger partial charge in [-0.25, -0.2) is 0 Å². The molecule has 0 fully saturated rings. The van der Waals surface area contributed by atoms with E-state index in [1.54, 1.807) is 74.9 Å². The Morgan fingerprint density at radius 2 is 1.55 bits per heavy atom. The standard InChI is InChI=1S/C23H22N2O4/c1-28-18-13-12-17(21(14-18)29-2)15-24-23(27)19-10-6-7-11-20(19)25-22(26)16-8-4-3-5-9-16/h3-14H,15H2,1-2H3,(H,24,27)(H,25,26). The average molecular weight is 390 g/mol. The van der Waals surface area contributed by atoms with E-state index < -0.39 is 0 Å². The molecule has 0 atom stereocenters. The maximum atomic E-state index is 12.8. The van der Waals surface area contributed by atoms with Crippen molar-refractivity contribution in [3.05, 3.63) is 89.5 Å². The molecule has 0 heterocycles. The highest BCUT2D eigenvalue weighted by Crippen LogP contribution is 2.24. The van der Waals surface area contributed by atoms with Gasteiger partial charge in [0.15, 0.2) is 0 Å². The summed E-state index contributed by atoms with van der Waals surface area (Å²) < 4.78 is 10.6. The Morgan fingerprint density at radius 3 is 2.28 bits per heavy atom. The quantitative estimate of drug-likeness (QED) is 0.642. The van der Waals surface area contributed by atoms with Gasteiger partial charge in [0.25, 0.3) is 11.8 Å². The van der Waals surface area contributed by atoms with Gasteiger partial charge in [-0.15, -0.1) is 0 Å².